The molecule has 4 rings (SSSR count). The van der Waals surface area contributed by atoms with Gasteiger partial charge in [0.15, 0.2) is 0 Å². The molecule has 0 aliphatic carbocycles. The average Bonchev–Trinajstić information content (AvgIpc) is 3.26. The molecule has 29 heavy (non-hydrogen) atoms. The summed E-state index contributed by atoms with van der Waals surface area (Å²) in [7, 11) is 0. The Balaban J connectivity index is 1.42. The van der Waals surface area contributed by atoms with Gasteiger partial charge in [0.05, 0.1) is 18.4 Å². The third-order valence-corrected chi connectivity index (χ3v) is 5.66. The Hall–Kier alpha value is -3.36. The predicted octanol–water partition coefficient (Wildman–Crippen LogP) is 1.38. The minimum absolute atomic E-state index is 0.0441. The second kappa shape index (κ2) is 7.57. The minimum Gasteiger partial charge on any atom is -0.352 e. The number of aromatic nitrogens is 2. The first-order valence-corrected chi connectivity index (χ1v) is 9.69. The number of rotatable bonds is 4. The highest BCUT2D eigenvalue weighted by molar-refractivity contribution is 5.88. The molecule has 2 aromatic rings. The maximum absolute atomic E-state index is 13.1. The Kier molecular flexibility index (Phi) is 4.96. The van der Waals surface area contributed by atoms with Gasteiger partial charge in [0.25, 0.3) is 0 Å². The molecule has 4 amide bonds. The van der Waals surface area contributed by atoms with Crippen molar-refractivity contribution < 1.29 is 14.4 Å². The average molecular weight is 396 g/mol. The molecule has 2 aliphatic heterocycles. The third-order valence-electron chi connectivity index (χ3n) is 5.66. The van der Waals surface area contributed by atoms with Crippen LogP contribution in [0.15, 0.2) is 36.5 Å². The van der Waals surface area contributed by atoms with Gasteiger partial charge in [-0.05, 0) is 25.3 Å². The van der Waals surface area contributed by atoms with Crippen molar-refractivity contribution in [2.45, 2.75) is 38.4 Å². The number of carbonyl (C=O) groups is 3. The number of likely N-dealkylation sites (tertiary alicyclic amines) is 1. The lowest BCUT2D eigenvalue weighted by atomic mass is 10.0. The van der Waals surface area contributed by atoms with E-state index in [-0.39, 0.29) is 18.0 Å². The zero-order valence-corrected chi connectivity index (χ0v) is 16.2. The Morgan fingerprint density at radius 3 is 2.52 bits per heavy atom. The van der Waals surface area contributed by atoms with Crippen LogP contribution in [-0.4, -0.2) is 56.5 Å². The van der Waals surface area contributed by atoms with Crippen LogP contribution in [0, 0.1) is 6.92 Å². The second-order valence-electron chi connectivity index (χ2n) is 7.45. The van der Waals surface area contributed by atoms with E-state index in [4.69, 9.17) is 5.73 Å². The molecule has 9 heteroatoms. The lowest BCUT2D eigenvalue weighted by Gasteiger charge is -2.37. The van der Waals surface area contributed by atoms with E-state index in [2.05, 4.69) is 10.3 Å². The topological polar surface area (TPSA) is 114 Å². The van der Waals surface area contributed by atoms with E-state index in [0.29, 0.717) is 43.9 Å². The molecule has 0 radical (unpaired) electrons. The van der Waals surface area contributed by atoms with Gasteiger partial charge < -0.3 is 20.9 Å². The number of amides is 4. The molecule has 1 saturated heterocycles. The van der Waals surface area contributed by atoms with Crippen molar-refractivity contribution in [1.29, 1.82) is 0 Å². The van der Waals surface area contributed by atoms with Crippen LogP contribution in [-0.2, 0) is 11.3 Å². The fraction of sp³-hybridized carbons (Fsp3) is 0.400. The Labute approximate surface area is 168 Å². The number of benzene rings is 1. The van der Waals surface area contributed by atoms with Crippen LogP contribution in [0.3, 0.4) is 0 Å². The van der Waals surface area contributed by atoms with Crippen LogP contribution in [0.1, 0.15) is 36.0 Å². The fourth-order valence-corrected chi connectivity index (χ4v) is 4.18. The van der Waals surface area contributed by atoms with Gasteiger partial charge in [-0.2, -0.15) is 0 Å². The molecular formula is C20H24N6O3. The number of nitrogens with two attached hydrogens (primary N) is 1. The van der Waals surface area contributed by atoms with Crippen molar-refractivity contribution in [3.63, 3.8) is 0 Å². The van der Waals surface area contributed by atoms with Gasteiger partial charge in [0.1, 0.15) is 11.9 Å². The highest BCUT2D eigenvalue weighted by atomic mass is 16.2. The molecule has 3 heterocycles. The summed E-state index contributed by atoms with van der Waals surface area (Å²) >= 11 is 0. The lowest BCUT2D eigenvalue weighted by molar-refractivity contribution is -0.134. The molecule has 9 nitrogen and oxygen atoms in total. The summed E-state index contributed by atoms with van der Waals surface area (Å²) in [6, 6.07) is 7.54. The van der Waals surface area contributed by atoms with Gasteiger partial charge in [-0.1, -0.05) is 30.3 Å². The van der Waals surface area contributed by atoms with Gasteiger partial charge in [-0.3, -0.25) is 9.36 Å². The number of hydrogen-bond donors (Lipinski definition) is 2. The normalized spacial score (nSPS) is 17.9. The Bertz CT molecular complexity index is 933. The molecule has 3 N–H and O–H groups in total. The first-order chi connectivity index (χ1) is 14.0. The largest absolute Gasteiger partial charge is 0.352 e. The number of primary amides is 1. The van der Waals surface area contributed by atoms with Crippen molar-refractivity contribution in [1.82, 2.24) is 24.7 Å². The summed E-state index contributed by atoms with van der Waals surface area (Å²) in [6.45, 7) is 3.40. The molecule has 0 saturated carbocycles. The molecular weight excluding hydrogens is 372 g/mol. The Morgan fingerprint density at radius 2 is 1.90 bits per heavy atom. The van der Waals surface area contributed by atoms with Gasteiger partial charge in [-0.15, -0.1) is 0 Å². The standard InChI is InChI=1S/C20H24N6O3/c1-13-22-11-16-12-25(20(29)26(13)16)15-7-9-24(10-8-15)18(27)17(23-19(21)28)14-5-3-2-4-6-14/h2-6,11,15,17H,7-10,12H2,1H3,(H3,21,23,28)/t17-/m0/s1. The number of fused-ring (bicyclic) bond motifs is 1. The van der Waals surface area contributed by atoms with Gasteiger partial charge in [0.2, 0.25) is 5.91 Å². The van der Waals surface area contributed by atoms with E-state index in [1.54, 1.807) is 27.8 Å². The smallest absolute Gasteiger partial charge is 0.330 e. The quantitative estimate of drug-likeness (QED) is 0.812. The summed E-state index contributed by atoms with van der Waals surface area (Å²) in [5.41, 5.74) is 6.88. The minimum atomic E-state index is -0.812. The van der Waals surface area contributed by atoms with Crippen molar-refractivity contribution >= 4 is 18.0 Å². The van der Waals surface area contributed by atoms with E-state index in [1.165, 1.54) is 0 Å². The van der Waals surface area contributed by atoms with Crippen molar-refractivity contribution in [2.24, 2.45) is 5.73 Å². The number of nitrogens with zero attached hydrogens (tertiary/aromatic N) is 4. The highest BCUT2D eigenvalue weighted by Gasteiger charge is 2.37. The lowest BCUT2D eigenvalue weighted by Crippen LogP contribution is -2.50. The summed E-state index contributed by atoms with van der Waals surface area (Å²) < 4.78 is 1.65. The first kappa shape index (κ1) is 19.0. The first-order valence-electron chi connectivity index (χ1n) is 9.69. The summed E-state index contributed by atoms with van der Waals surface area (Å²) in [6.07, 6.45) is 3.12. The zero-order chi connectivity index (χ0) is 20.5. The van der Waals surface area contributed by atoms with E-state index in [9.17, 15) is 14.4 Å². The summed E-state index contributed by atoms with van der Waals surface area (Å²) in [5, 5.41) is 2.55. The van der Waals surface area contributed by atoms with E-state index < -0.39 is 12.1 Å². The monoisotopic (exact) mass is 396 g/mol. The number of imidazole rings is 1. The number of urea groups is 1. The van der Waals surface area contributed by atoms with Crippen molar-refractivity contribution in [2.75, 3.05) is 13.1 Å². The molecule has 152 valence electrons. The maximum atomic E-state index is 13.1. The van der Waals surface area contributed by atoms with Crippen LogP contribution in [0.4, 0.5) is 9.59 Å². The molecule has 0 unspecified atom stereocenters. The van der Waals surface area contributed by atoms with Gasteiger partial charge in [-0.25, -0.2) is 14.6 Å². The van der Waals surface area contributed by atoms with Crippen molar-refractivity contribution in [3.8, 4) is 0 Å². The number of aryl methyl sites for hydroxylation is 1. The Morgan fingerprint density at radius 1 is 1.21 bits per heavy atom. The number of piperidine rings is 1. The maximum Gasteiger partial charge on any atom is 0.330 e. The van der Waals surface area contributed by atoms with Crippen LogP contribution < -0.4 is 11.1 Å². The number of carbonyl (C=O) groups excluding carboxylic acids is 3. The number of nitrogens with one attached hydrogen (secondary N) is 1. The zero-order valence-electron chi connectivity index (χ0n) is 16.2. The highest BCUT2D eigenvalue weighted by Crippen LogP contribution is 2.27. The molecule has 1 atom stereocenters. The van der Waals surface area contributed by atoms with E-state index >= 15 is 0 Å². The third kappa shape index (κ3) is 3.55. The van der Waals surface area contributed by atoms with E-state index in [0.717, 1.165) is 5.69 Å². The second-order valence-corrected chi connectivity index (χ2v) is 7.45. The SMILES string of the molecule is Cc1ncc2n1C(=O)N(C1CCN(C(=O)[C@@H](NC(N)=O)c3ccccc3)CC1)C2. The molecule has 0 spiro atoms. The van der Waals surface area contributed by atoms with Crippen LogP contribution in [0.5, 0.6) is 0 Å². The molecule has 0 bridgehead atoms. The van der Waals surface area contributed by atoms with Crippen LogP contribution in [0.25, 0.3) is 0 Å². The molecule has 2 aliphatic rings. The predicted molar refractivity (Wildman–Crippen MR) is 105 cm³/mol. The molecule has 1 aromatic heterocycles. The molecule has 1 aromatic carbocycles. The van der Waals surface area contributed by atoms with Crippen LogP contribution in [0.2, 0.25) is 0 Å². The van der Waals surface area contributed by atoms with Crippen LogP contribution >= 0.6 is 0 Å². The fourth-order valence-electron chi connectivity index (χ4n) is 4.18. The van der Waals surface area contributed by atoms with Crippen molar-refractivity contribution in [3.05, 3.63) is 53.6 Å². The molecule has 1 fully saturated rings. The van der Waals surface area contributed by atoms with E-state index in [1.807, 2.05) is 30.0 Å². The number of hydrogen-bond acceptors (Lipinski definition) is 4. The van der Waals surface area contributed by atoms with Gasteiger partial charge in [0, 0.05) is 19.1 Å². The van der Waals surface area contributed by atoms with Gasteiger partial charge >= 0.3 is 12.1 Å². The summed E-state index contributed by atoms with van der Waals surface area (Å²) in [4.78, 5) is 45.0. The summed E-state index contributed by atoms with van der Waals surface area (Å²) in [5.74, 6) is 0.510.